The zero-order valence-electron chi connectivity index (χ0n) is 13.0. The SMILES string of the molecule is O=C(O)c1cccc(Nc2ncc(Br)c(NCCc3c[nH]cn3)n2)c1. The monoisotopic (exact) mass is 402 g/mol. The highest BCUT2D eigenvalue weighted by molar-refractivity contribution is 9.10. The van der Waals surface area contributed by atoms with E-state index in [9.17, 15) is 4.79 Å². The molecule has 0 unspecified atom stereocenters. The molecule has 4 N–H and O–H groups in total. The lowest BCUT2D eigenvalue weighted by atomic mass is 10.2. The van der Waals surface area contributed by atoms with Gasteiger partial charge in [0.15, 0.2) is 0 Å². The van der Waals surface area contributed by atoms with Crippen molar-refractivity contribution in [2.45, 2.75) is 6.42 Å². The average molecular weight is 403 g/mol. The molecule has 0 radical (unpaired) electrons. The number of aromatic amines is 1. The second-order valence-corrected chi connectivity index (χ2v) is 5.99. The second kappa shape index (κ2) is 7.75. The highest BCUT2D eigenvalue weighted by atomic mass is 79.9. The summed E-state index contributed by atoms with van der Waals surface area (Å²) in [4.78, 5) is 26.7. The third-order valence-corrected chi connectivity index (χ3v) is 3.92. The van der Waals surface area contributed by atoms with Crippen LogP contribution in [0.4, 0.5) is 17.5 Å². The number of imidazole rings is 1. The molecular weight excluding hydrogens is 388 g/mol. The predicted molar refractivity (Wildman–Crippen MR) is 97.2 cm³/mol. The first-order chi connectivity index (χ1) is 12.1. The van der Waals surface area contributed by atoms with Gasteiger partial charge >= 0.3 is 5.97 Å². The van der Waals surface area contributed by atoms with Crippen LogP contribution < -0.4 is 10.6 Å². The molecule has 0 saturated carbocycles. The van der Waals surface area contributed by atoms with E-state index in [2.05, 4.69) is 46.5 Å². The first kappa shape index (κ1) is 16.9. The maximum Gasteiger partial charge on any atom is 0.335 e. The smallest absolute Gasteiger partial charge is 0.335 e. The summed E-state index contributed by atoms with van der Waals surface area (Å²) in [6.07, 6.45) is 5.87. The van der Waals surface area contributed by atoms with E-state index in [1.807, 2.05) is 6.20 Å². The number of nitrogens with zero attached hydrogens (tertiary/aromatic N) is 3. The number of aromatic nitrogens is 4. The van der Waals surface area contributed by atoms with Gasteiger partial charge in [-0.2, -0.15) is 4.98 Å². The van der Waals surface area contributed by atoms with Gasteiger partial charge in [-0.15, -0.1) is 0 Å². The standard InChI is InChI=1S/C16H15BrN6O2/c17-13-8-20-16(22-11-3-1-2-10(6-11)15(24)25)23-14(13)19-5-4-12-7-18-9-21-12/h1-3,6-9H,4-5H2,(H,18,21)(H,24,25)(H2,19,20,22,23). The van der Waals surface area contributed by atoms with Crippen LogP contribution in [0.5, 0.6) is 0 Å². The van der Waals surface area contributed by atoms with Gasteiger partial charge in [0.2, 0.25) is 5.95 Å². The minimum atomic E-state index is -0.985. The topological polar surface area (TPSA) is 116 Å². The van der Waals surface area contributed by atoms with Crippen molar-refractivity contribution >= 4 is 39.4 Å². The van der Waals surface area contributed by atoms with Gasteiger partial charge in [-0.3, -0.25) is 0 Å². The van der Waals surface area contributed by atoms with E-state index in [0.717, 1.165) is 16.6 Å². The number of rotatable bonds is 7. The number of carbonyl (C=O) groups is 1. The maximum absolute atomic E-state index is 11.0. The summed E-state index contributed by atoms with van der Waals surface area (Å²) >= 11 is 3.41. The van der Waals surface area contributed by atoms with Crippen LogP contribution in [0.1, 0.15) is 16.1 Å². The fourth-order valence-electron chi connectivity index (χ4n) is 2.15. The number of hydrogen-bond acceptors (Lipinski definition) is 6. The van der Waals surface area contributed by atoms with Crippen LogP contribution in [0.15, 0.2) is 47.5 Å². The van der Waals surface area contributed by atoms with Crippen LogP contribution in [0.2, 0.25) is 0 Å². The number of halogens is 1. The predicted octanol–water partition coefficient (Wildman–Crippen LogP) is 3.06. The van der Waals surface area contributed by atoms with E-state index in [-0.39, 0.29) is 5.56 Å². The molecule has 3 rings (SSSR count). The first-order valence-electron chi connectivity index (χ1n) is 7.46. The fourth-order valence-corrected chi connectivity index (χ4v) is 2.48. The number of nitrogens with one attached hydrogen (secondary N) is 3. The molecule has 1 aromatic carbocycles. The molecule has 3 aromatic rings. The Morgan fingerprint density at radius 1 is 1.32 bits per heavy atom. The van der Waals surface area contributed by atoms with Crippen molar-refractivity contribution in [1.29, 1.82) is 0 Å². The molecule has 9 heteroatoms. The van der Waals surface area contributed by atoms with E-state index >= 15 is 0 Å². The van der Waals surface area contributed by atoms with Crippen molar-refractivity contribution in [3.05, 3.63) is 58.7 Å². The van der Waals surface area contributed by atoms with E-state index in [1.54, 1.807) is 24.7 Å². The molecule has 0 amide bonds. The normalized spacial score (nSPS) is 10.4. The maximum atomic E-state index is 11.0. The molecular formula is C16H15BrN6O2. The number of benzene rings is 1. The fraction of sp³-hybridized carbons (Fsp3) is 0.125. The zero-order valence-corrected chi connectivity index (χ0v) is 14.6. The Labute approximate surface area is 151 Å². The molecule has 2 aromatic heterocycles. The molecule has 0 aliphatic rings. The van der Waals surface area contributed by atoms with Crippen LogP contribution in [0.25, 0.3) is 0 Å². The summed E-state index contributed by atoms with van der Waals surface area (Å²) < 4.78 is 0.736. The van der Waals surface area contributed by atoms with Crippen molar-refractivity contribution in [1.82, 2.24) is 19.9 Å². The largest absolute Gasteiger partial charge is 0.478 e. The summed E-state index contributed by atoms with van der Waals surface area (Å²) in [5.74, 6) is 0.0246. The third-order valence-electron chi connectivity index (χ3n) is 3.34. The van der Waals surface area contributed by atoms with Crippen molar-refractivity contribution in [3.63, 3.8) is 0 Å². The molecule has 0 aliphatic heterocycles. The van der Waals surface area contributed by atoms with Crippen LogP contribution >= 0.6 is 15.9 Å². The average Bonchev–Trinajstić information content (AvgIpc) is 3.11. The highest BCUT2D eigenvalue weighted by Gasteiger charge is 2.07. The quantitative estimate of drug-likeness (QED) is 0.479. The lowest BCUT2D eigenvalue weighted by Gasteiger charge is -2.10. The Hall–Kier alpha value is -2.94. The molecule has 2 heterocycles. The molecule has 0 aliphatic carbocycles. The zero-order chi connectivity index (χ0) is 17.6. The molecule has 0 atom stereocenters. The minimum Gasteiger partial charge on any atom is -0.478 e. The van der Waals surface area contributed by atoms with Crippen molar-refractivity contribution in [2.24, 2.45) is 0 Å². The third kappa shape index (κ3) is 4.54. The van der Waals surface area contributed by atoms with Gasteiger partial charge in [0.25, 0.3) is 0 Å². The Balaban J connectivity index is 1.68. The van der Waals surface area contributed by atoms with E-state index in [4.69, 9.17) is 5.11 Å². The first-order valence-corrected chi connectivity index (χ1v) is 8.25. The molecule has 0 saturated heterocycles. The van der Waals surface area contributed by atoms with Crippen molar-refractivity contribution < 1.29 is 9.90 Å². The van der Waals surface area contributed by atoms with Gasteiger partial charge in [-0.25, -0.2) is 14.8 Å². The number of aromatic carboxylic acids is 1. The van der Waals surface area contributed by atoms with E-state index in [0.29, 0.717) is 24.0 Å². The summed E-state index contributed by atoms with van der Waals surface area (Å²) in [6, 6.07) is 6.46. The Morgan fingerprint density at radius 2 is 2.20 bits per heavy atom. The Morgan fingerprint density at radius 3 is 2.96 bits per heavy atom. The lowest BCUT2D eigenvalue weighted by Crippen LogP contribution is -2.09. The van der Waals surface area contributed by atoms with Crippen LogP contribution in [0.3, 0.4) is 0 Å². The molecule has 0 fully saturated rings. The summed E-state index contributed by atoms with van der Waals surface area (Å²) in [7, 11) is 0. The summed E-state index contributed by atoms with van der Waals surface area (Å²) in [6.45, 7) is 0.661. The molecule has 0 bridgehead atoms. The minimum absolute atomic E-state index is 0.194. The number of carboxylic acid groups (broad SMARTS) is 1. The van der Waals surface area contributed by atoms with Gasteiger partial charge in [-0.1, -0.05) is 6.07 Å². The molecule has 25 heavy (non-hydrogen) atoms. The number of anilines is 3. The second-order valence-electron chi connectivity index (χ2n) is 5.14. The molecule has 128 valence electrons. The van der Waals surface area contributed by atoms with E-state index in [1.165, 1.54) is 12.1 Å². The Bertz CT molecular complexity index is 869. The Kier molecular flexibility index (Phi) is 5.24. The lowest BCUT2D eigenvalue weighted by molar-refractivity contribution is 0.0697. The van der Waals surface area contributed by atoms with Crippen LogP contribution in [-0.4, -0.2) is 37.6 Å². The van der Waals surface area contributed by atoms with Gasteiger partial charge < -0.3 is 20.7 Å². The molecule has 0 spiro atoms. The van der Waals surface area contributed by atoms with Gasteiger partial charge in [0, 0.05) is 31.0 Å². The highest BCUT2D eigenvalue weighted by Crippen LogP contribution is 2.22. The van der Waals surface area contributed by atoms with Gasteiger partial charge in [0.05, 0.1) is 22.1 Å². The van der Waals surface area contributed by atoms with Gasteiger partial charge in [0.1, 0.15) is 5.82 Å². The molecule has 8 nitrogen and oxygen atoms in total. The van der Waals surface area contributed by atoms with Gasteiger partial charge in [-0.05, 0) is 34.1 Å². The summed E-state index contributed by atoms with van der Waals surface area (Å²) in [5.41, 5.74) is 1.76. The van der Waals surface area contributed by atoms with E-state index < -0.39 is 5.97 Å². The van der Waals surface area contributed by atoms with Crippen LogP contribution in [-0.2, 0) is 6.42 Å². The number of hydrogen-bond donors (Lipinski definition) is 4. The van der Waals surface area contributed by atoms with Crippen LogP contribution in [0, 0.1) is 0 Å². The number of carboxylic acids is 1. The summed E-state index contributed by atoms with van der Waals surface area (Å²) in [5, 5.41) is 15.3. The number of H-pyrrole nitrogens is 1. The van der Waals surface area contributed by atoms with Crippen molar-refractivity contribution in [2.75, 3.05) is 17.2 Å². The van der Waals surface area contributed by atoms with Crippen molar-refractivity contribution in [3.8, 4) is 0 Å².